The molecule has 1 atom stereocenters. The van der Waals surface area contributed by atoms with E-state index in [2.05, 4.69) is 5.32 Å². The molecule has 2 amide bonds. The first-order valence-electron chi connectivity index (χ1n) is 13.3. The van der Waals surface area contributed by atoms with Crippen molar-refractivity contribution in [1.29, 1.82) is 0 Å². The molecular weight excluding hydrogens is 593 g/mol. The Balaban J connectivity index is 1.80. The number of rotatable bonds is 12. The first kappa shape index (κ1) is 31.5. The highest BCUT2D eigenvalue weighted by Gasteiger charge is 2.34. The lowest BCUT2D eigenvalue weighted by atomic mass is 10.0. The fraction of sp³-hybridized carbons (Fsp3) is 0.188. The van der Waals surface area contributed by atoms with E-state index in [1.165, 1.54) is 73.7 Å². The van der Waals surface area contributed by atoms with E-state index in [4.69, 9.17) is 16.3 Å². The summed E-state index contributed by atoms with van der Waals surface area (Å²) >= 11 is 6.36. The molecule has 0 saturated carbocycles. The summed E-state index contributed by atoms with van der Waals surface area (Å²) < 4.78 is 47.8. The van der Waals surface area contributed by atoms with Gasteiger partial charge < -0.3 is 15.0 Å². The SMILES string of the molecule is CNC(=O)C(Cc1ccccc1)N(Cc1ccc(F)cc1)C(=O)CN(c1ccc(OC)c(Cl)c1)S(=O)(=O)c1ccccc1. The van der Waals surface area contributed by atoms with Crippen LogP contribution in [0.5, 0.6) is 5.75 Å². The molecule has 0 fully saturated rings. The summed E-state index contributed by atoms with van der Waals surface area (Å²) in [6.07, 6.45) is 0.160. The lowest BCUT2D eigenvalue weighted by Crippen LogP contribution is -2.53. The Bertz CT molecular complexity index is 1660. The predicted molar refractivity (Wildman–Crippen MR) is 164 cm³/mol. The van der Waals surface area contributed by atoms with E-state index in [1.54, 1.807) is 18.2 Å². The van der Waals surface area contributed by atoms with Crippen molar-refractivity contribution < 1.29 is 27.1 Å². The molecule has 0 radical (unpaired) electrons. The Hall–Kier alpha value is -4.41. The minimum Gasteiger partial charge on any atom is -0.495 e. The van der Waals surface area contributed by atoms with Crippen LogP contribution in [0.15, 0.2) is 108 Å². The van der Waals surface area contributed by atoms with Crippen LogP contribution >= 0.6 is 11.6 Å². The number of carbonyl (C=O) groups excluding carboxylic acids is 2. The number of anilines is 1. The molecule has 4 aromatic carbocycles. The second-order valence-electron chi connectivity index (χ2n) is 9.61. The van der Waals surface area contributed by atoms with Crippen molar-refractivity contribution in [2.24, 2.45) is 0 Å². The van der Waals surface area contributed by atoms with Gasteiger partial charge in [-0.2, -0.15) is 0 Å². The van der Waals surface area contributed by atoms with E-state index in [1.807, 2.05) is 30.3 Å². The average Bonchev–Trinajstić information content (AvgIpc) is 3.02. The number of nitrogens with zero attached hydrogens (tertiary/aromatic N) is 2. The van der Waals surface area contributed by atoms with Gasteiger partial charge in [-0.15, -0.1) is 0 Å². The van der Waals surface area contributed by atoms with E-state index in [0.717, 1.165) is 9.87 Å². The van der Waals surface area contributed by atoms with Crippen LogP contribution in [0, 0.1) is 5.82 Å². The molecule has 1 N–H and O–H groups in total. The van der Waals surface area contributed by atoms with E-state index in [0.29, 0.717) is 11.3 Å². The molecule has 0 aliphatic carbocycles. The van der Waals surface area contributed by atoms with E-state index in [9.17, 15) is 22.4 Å². The second-order valence-corrected chi connectivity index (χ2v) is 11.9. The Labute approximate surface area is 255 Å². The lowest BCUT2D eigenvalue weighted by molar-refractivity contribution is -0.139. The van der Waals surface area contributed by atoms with Gasteiger partial charge in [0, 0.05) is 20.0 Å². The zero-order valence-electron chi connectivity index (χ0n) is 23.6. The van der Waals surface area contributed by atoms with E-state index < -0.39 is 40.2 Å². The smallest absolute Gasteiger partial charge is 0.264 e. The van der Waals surface area contributed by atoms with Gasteiger partial charge in [0.25, 0.3) is 10.0 Å². The molecule has 1 unspecified atom stereocenters. The summed E-state index contributed by atoms with van der Waals surface area (Å²) in [5.41, 5.74) is 1.48. The molecule has 4 aromatic rings. The number of amides is 2. The standard InChI is InChI=1S/C32H31ClFN3O5S/c1-35-32(39)29(19-23-9-5-3-6-10-23)36(21-24-13-15-25(34)16-14-24)31(38)22-37(26-17-18-30(42-2)28(33)20-26)43(40,41)27-11-7-4-8-12-27/h3-18,20,29H,19,21-22H2,1-2H3,(H,35,39). The van der Waals surface area contributed by atoms with Crippen molar-refractivity contribution in [3.63, 3.8) is 0 Å². The van der Waals surface area contributed by atoms with E-state index in [-0.39, 0.29) is 28.6 Å². The zero-order chi connectivity index (χ0) is 31.0. The van der Waals surface area contributed by atoms with Crippen LogP contribution in [0.2, 0.25) is 5.02 Å². The topological polar surface area (TPSA) is 96.0 Å². The summed E-state index contributed by atoms with van der Waals surface area (Å²) in [5, 5.41) is 2.77. The number of carbonyl (C=O) groups is 2. The van der Waals surface area contributed by atoms with Gasteiger partial charge >= 0.3 is 0 Å². The highest BCUT2D eigenvalue weighted by molar-refractivity contribution is 7.92. The minimum atomic E-state index is -4.27. The Morgan fingerprint density at radius 1 is 0.907 bits per heavy atom. The lowest BCUT2D eigenvalue weighted by Gasteiger charge is -2.33. The Kier molecular flexibility index (Phi) is 10.4. The van der Waals surface area contributed by atoms with Gasteiger partial charge in [0.05, 0.1) is 22.7 Å². The normalized spacial score (nSPS) is 11.8. The van der Waals surface area contributed by atoms with Crippen molar-refractivity contribution in [2.45, 2.75) is 23.9 Å². The van der Waals surface area contributed by atoms with Crippen LogP contribution < -0.4 is 14.4 Å². The largest absolute Gasteiger partial charge is 0.495 e. The van der Waals surface area contributed by atoms with Gasteiger partial charge in [-0.05, 0) is 53.6 Å². The van der Waals surface area contributed by atoms with Gasteiger partial charge in [0.1, 0.15) is 24.2 Å². The molecule has 0 saturated heterocycles. The minimum absolute atomic E-state index is 0.0352. The number of ether oxygens (including phenoxy) is 1. The number of likely N-dealkylation sites (N-methyl/N-ethyl adjacent to an activating group) is 1. The maximum absolute atomic E-state index is 14.2. The number of hydrogen-bond donors (Lipinski definition) is 1. The third-order valence-electron chi connectivity index (χ3n) is 6.82. The molecule has 4 rings (SSSR count). The number of benzene rings is 4. The average molecular weight is 624 g/mol. The monoisotopic (exact) mass is 623 g/mol. The zero-order valence-corrected chi connectivity index (χ0v) is 25.2. The summed E-state index contributed by atoms with van der Waals surface area (Å²) in [5.74, 6) is -1.22. The Morgan fingerprint density at radius 2 is 1.53 bits per heavy atom. The molecule has 8 nitrogen and oxygen atoms in total. The third kappa shape index (κ3) is 7.71. The highest BCUT2D eigenvalue weighted by Crippen LogP contribution is 2.32. The highest BCUT2D eigenvalue weighted by atomic mass is 35.5. The quantitative estimate of drug-likeness (QED) is 0.238. The van der Waals surface area contributed by atoms with Crippen molar-refractivity contribution in [1.82, 2.24) is 10.2 Å². The van der Waals surface area contributed by atoms with Crippen molar-refractivity contribution in [2.75, 3.05) is 25.0 Å². The molecule has 0 aliphatic heterocycles. The molecule has 0 heterocycles. The van der Waals surface area contributed by atoms with Gasteiger partial charge in [-0.3, -0.25) is 13.9 Å². The molecule has 43 heavy (non-hydrogen) atoms. The maximum Gasteiger partial charge on any atom is 0.264 e. The van der Waals surface area contributed by atoms with Gasteiger partial charge in [0.15, 0.2) is 0 Å². The maximum atomic E-state index is 14.2. The summed E-state index contributed by atoms with van der Waals surface area (Å²) in [4.78, 5) is 28.8. The van der Waals surface area contributed by atoms with Gasteiger partial charge in [0.2, 0.25) is 11.8 Å². The summed E-state index contributed by atoms with van der Waals surface area (Å²) in [6, 6.07) is 25.8. The van der Waals surface area contributed by atoms with Crippen LogP contribution in [-0.4, -0.2) is 51.9 Å². The van der Waals surface area contributed by atoms with Crippen LogP contribution in [0.3, 0.4) is 0 Å². The predicted octanol–water partition coefficient (Wildman–Crippen LogP) is 5.07. The summed E-state index contributed by atoms with van der Waals surface area (Å²) in [7, 11) is -1.37. The molecular formula is C32H31ClFN3O5S. The molecule has 11 heteroatoms. The number of sulfonamides is 1. The van der Waals surface area contributed by atoms with Crippen molar-refractivity contribution in [3.05, 3.63) is 125 Å². The van der Waals surface area contributed by atoms with Crippen LogP contribution in [0.1, 0.15) is 11.1 Å². The fourth-order valence-corrected chi connectivity index (χ4v) is 6.24. The van der Waals surface area contributed by atoms with Gasteiger partial charge in [-0.1, -0.05) is 72.3 Å². The number of hydrogen-bond acceptors (Lipinski definition) is 5. The second kappa shape index (κ2) is 14.2. The third-order valence-corrected chi connectivity index (χ3v) is 8.90. The van der Waals surface area contributed by atoms with E-state index >= 15 is 0 Å². The number of halogens is 2. The molecule has 0 aliphatic rings. The number of nitrogens with one attached hydrogen (secondary N) is 1. The first-order valence-corrected chi connectivity index (χ1v) is 15.2. The fourth-order valence-electron chi connectivity index (χ4n) is 4.57. The summed E-state index contributed by atoms with van der Waals surface area (Å²) in [6.45, 7) is -0.726. The van der Waals surface area contributed by atoms with Crippen LogP contribution in [0.4, 0.5) is 10.1 Å². The molecule has 0 bridgehead atoms. The van der Waals surface area contributed by atoms with Crippen LogP contribution in [-0.2, 0) is 32.6 Å². The molecule has 0 spiro atoms. The van der Waals surface area contributed by atoms with Crippen molar-refractivity contribution in [3.8, 4) is 5.75 Å². The van der Waals surface area contributed by atoms with Gasteiger partial charge in [-0.25, -0.2) is 12.8 Å². The van der Waals surface area contributed by atoms with Crippen molar-refractivity contribution >= 4 is 39.1 Å². The van der Waals surface area contributed by atoms with Crippen LogP contribution in [0.25, 0.3) is 0 Å². The number of methoxy groups -OCH3 is 1. The molecule has 224 valence electrons. The first-order chi connectivity index (χ1) is 20.6. The molecule has 0 aromatic heterocycles. The Morgan fingerprint density at radius 3 is 2.12 bits per heavy atom.